The van der Waals surface area contributed by atoms with Crippen molar-refractivity contribution in [1.82, 2.24) is 20.8 Å². The SMILES string of the molecule is O=C(NOC[C@H]1C[C@@H](CS)CN1)C1CCC2CN1C(=O)N2OS(=O)(=O)O. The second-order valence-electron chi connectivity index (χ2n) is 6.68. The first-order valence-corrected chi connectivity index (χ1v) is 10.3. The smallest absolute Gasteiger partial charge is 0.311 e. The Balaban J connectivity index is 1.49. The van der Waals surface area contributed by atoms with Gasteiger partial charge in [0, 0.05) is 12.6 Å². The van der Waals surface area contributed by atoms with Crippen LogP contribution in [-0.2, 0) is 24.3 Å². The number of hydrogen-bond donors (Lipinski definition) is 4. The van der Waals surface area contributed by atoms with Gasteiger partial charge in [-0.05, 0) is 37.5 Å². The van der Waals surface area contributed by atoms with Gasteiger partial charge in [0.1, 0.15) is 6.04 Å². The van der Waals surface area contributed by atoms with Crippen LogP contribution in [0.25, 0.3) is 0 Å². The number of urea groups is 1. The van der Waals surface area contributed by atoms with E-state index in [4.69, 9.17) is 9.39 Å². The molecule has 3 saturated heterocycles. The number of nitrogens with zero attached hydrogens (tertiary/aromatic N) is 2. The molecule has 0 aromatic carbocycles. The third-order valence-electron chi connectivity index (χ3n) is 4.83. The monoisotopic (exact) mass is 410 g/mol. The van der Waals surface area contributed by atoms with Crippen LogP contribution in [0.1, 0.15) is 19.3 Å². The molecule has 13 heteroatoms. The average molecular weight is 410 g/mol. The van der Waals surface area contributed by atoms with Gasteiger partial charge in [-0.2, -0.15) is 26.1 Å². The highest BCUT2D eigenvalue weighted by molar-refractivity contribution is 7.80. The number of carbonyl (C=O) groups is 2. The summed E-state index contributed by atoms with van der Waals surface area (Å²) in [4.78, 5) is 31.1. The maximum absolute atomic E-state index is 12.3. The Kier molecular flexibility index (Phi) is 5.94. The van der Waals surface area contributed by atoms with Crippen LogP contribution in [-0.4, -0.2) is 78.4 Å². The largest absolute Gasteiger partial charge is 0.418 e. The molecule has 3 amide bonds. The summed E-state index contributed by atoms with van der Waals surface area (Å²) in [5, 5.41) is 3.88. The van der Waals surface area contributed by atoms with E-state index < -0.39 is 34.4 Å². The van der Waals surface area contributed by atoms with Gasteiger partial charge in [0.2, 0.25) is 0 Å². The number of nitrogens with one attached hydrogen (secondary N) is 2. The highest BCUT2D eigenvalue weighted by Gasteiger charge is 2.49. The van der Waals surface area contributed by atoms with Gasteiger partial charge in [-0.25, -0.2) is 10.3 Å². The van der Waals surface area contributed by atoms with E-state index in [0.717, 1.165) is 18.7 Å². The Hall–Kier alpha value is -1.12. The molecule has 3 aliphatic heterocycles. The average Bonchev–Trinajstić information content (AvgIpc) is 3.13. The van der Waals surface area contributed by atoms with Crippen molar-refractivity contribution < 1.29 is 31.7 Å². The minimum atomic E-state index is -4.81. The van der Waals surface area contributed by atoms with Crippen LogP contribution < -0.4 is 10.8 Å². The molecule has 26 heavy (non-hydrogen) atoms. The molecule has 0 radical (unpaired) electrons. The molecule has 0 saturated carbocycles. The van der Waals surface area contributed by atoms with E-state index in [1.165, 1.54) is 4.90 Å². The van der Waals surface area contributed by atoms with Gasteiger partial charge in [-0.15, -0.1) is 4.28 Å². The minimum absolute atomic E-state index is 0.134. The fourth-order valence-corrected chi connectivity index (χ4v) is 4.22. The van der Waals surface area contributed by atoms with E-state index in [0.29, 0.717) is 30.4 Å². The van der Waals surface area contributed by atoms with Gasteiger partial charge in [0.25, 0.3) is 5.91 Å². The molecule has 0 aromatic rings. The molecule has 0 aliphatic carbocycles. The molecule has 3 rings (SSSR count). The first kappa shape index (κ1) is 19.6. The summed E-state index contributed by atoms with van der Waals surface area (Å²) in [7, 11) is -4.81. The molecule has 11 nitrogen and oxygen atoms in total. The molecule has 2 unspecified atom stereocenters. The summed E-state index contributed by atoms with van der Waals surface area (Å²) in [5.41, 5.74) is 2.36. The van der Waals surface area contributed by atoms with E-state index in [-0.39, 0.29) is 12.6 Å². The number of rotatable bonds is 7. The van der Waals surface area contributed by atoms with Crippen molar-refractivity contribution in [2.24, 2.45) is 5.92 Å². The van der Waals surface area contributed by atoms with Crippen molar-refractivity contribution in [3.05, 3.63) is 0 Å². The van der Waals surface area contributed by atoms with Gasteiger partial charge in [0.05, 0.1) is 12.6 Å². The summed E-state index contributed by atoms with van der Waals surface area (Å²) in [6.45, 7) is 1.30. The number of hydrogen-bond acceptors (Lipinski definition) is 8. The van der Waals surface area contributed by atoms with Gasteiger partial charge < -0.3 is 10.2 Å². The van der Waals surface area contributed by atoms with Gasteiger partial charge in [0.15, 0.2) is 0 Å². The molecule has 3 heterocycles. The quantitative estimate of drug-likeness (QED) is 0.237. The highest BCUT2D eigenvalue weighted by Crippen LogP contribution is 2.30. The lowest BCUT2D eigenvalue weighted by atomic mass is 10.0. The van der Waals surface area contributed by atoms with Crippen molar-refractivity contribution in [2.45, 2.75) is 37.4 Å². The van der Waals surface area contributed by atoms with Gasteiger partial charge >= 0.3 is 16.4 Å². The number of piperidine rings is 1. The number of amides is 3. The van der Waals surface area contributed by atoms with Crippen LogP contribution in [0.4, 0.5) is 4.79 Å². The van der Waals surface area contributed by atoms with Crippen molar-refractivity contribution in [3.63, 3.8) is 0 Å². The summed E-state index contributed by atoms with van der Waals surface area (Å²) < 4.78 is 34.8. The molecule has 3 N–H and O–H groups in total. The molecule has 148 valence electrons. The maximum atomic E-state index is 12.3. The standard InChI is InChI=1S/C13H22N4O7S2/c18-12(15-23-6-9-3-8(7-25)4-14-9)11-2-1-10-5-16(11)13(19)17(10)24-26(20,21)22/h8-11,14,25H,1-7H2,(H,15,18)(H,20,21,22)/t8-,9-,10?,11?/m1/s1. The highest BCUT2D eigenvalue weighted by atomic mass is 32.3. The van der Waals surface area contributed by atoms with Crippen LogP contribution in [0.15, 0.2) is 0 Å². The molecule has 4 atom stereocenters. The van der Waals surface area contributed by atoms with E-state index in [1.807, 2.05) is 0 Å². The Labute approximate surface area is 156 Å². The zero-order chi connectivity index (χ0) is 18.9. The number of thiol groups is 1. The summed E-state index contributed by atoms with van der Waals surface area (Å²) in [5.74, 6) is 0.793. The van der Waals surface area contributed by atoms with Crippen LogP contribution >= 0.6 is 12.6 Å². The Morgan fingerprint density at radius 3 is 2.85 bits per heavy atom. The summed E-state index contributed by atoms with van der Waals surface area (Å²) in [6, 6.07) is -1.96. The molecule has 3 aliphatic rings. The lowest BCUT2D eigenvalue weighted by Gasteiger charge is -2.29. The third-order valence-corrected chi connectivity index (χ3v) is 5.69. The first-order valence-electron chi connectivity index (χ1n) is 8.31. The molecule has 3 fully saturated rings. The minimum Gasteiger partial charge on any atom is -0.311 e. The van der Waals surface area contributed by atoms with Crippen molar-refractivity contribution in [3.8, 4) is 0 Å². The van der Waals surface area contributed by atoms with Crippen LogP contribution in [0.3, 0.4) is 0 Å². The number of hydroxylamine groups is 3. The van der Waals surface area contributed by atoms with E-state index in [9.17, 15) is 18.0 Å². The van der Waals surface area contributed by atoms with Crippen LogP contribution in [0.2, 0.25) is 0 Å². The predicted octanol–water partition coefficient (Wildman–Crippen LogP) is -1.05. The van der Waals surface area contributed by atoms with E-state index in [2.05, 4.69) is 27.7 Å². The number of carbonyl (C=O) groups excluding carboxylic acids is 2. The second kappa shape index (κ2) is 7.86. The van der Waals surface area contributed by atoms with E-state index >= 15 is 0 Å². The van der Waals surface area contributed by atoms with Crippen LogP contribution in [0.5, 0.6) is 0 Å². The second-order valence-corrected chi connectivity index (χ2v) is 8.05. The normalized spacial score (nSPS) is 31.5. The van der Waals surface area contributed by atoms with Crippen molar-refractivity contribution in [1.29, 1.82) is 0 Å². The lowest BCUT2D eigenvalue weighted by Crippen LogP contribution is -2.50. The Morgan fingerprint density at radius 2 is 2.19 bits per heavy atom. The third kappa shape index (κ3) is 4.40. The zero-order valence-electron chi connectivity index (χ0n) is 13.9. The predicted molar refractivity (Wildman–Crippen MR) is 91.2 cm³/mol. The van der Waals surface area contributed by atoms with Crippen molar-refractivity contribution in [2.75, 3.05) is 25.4 Å². The van der Waals surface area contributed by atoms with E-state index in [1.54, 1.807) is 0 Å². The van der Waals surface area contributed by atoms with Gasteiger partial charge in [-0.1, -0.05) is 0 Å². The molecule has 2 bridgehead atoms. The topological polar surface area (TPSA) is 138 Å². The lowest BCUT2D eigenvalue weighted by molar-refractivity contribution is -0.139. The maximum Gasteiger partial charge on any atom is 0.418 e. The van der Waals surface area contributed by atoms with Gasteiger partial charge in [-0.3, -0.25) is 14.2 Å². The molecular weight excluding hydrogens is 388 g/mol. The zero-order valence-corrected chi connectivity index (χ0v) is 15.6. The molecular formula is C13H22N4O7S2. The summed E-state index contributed by atoms with van der Waals surface area (Å²) in [6.07, 6.45) is 1.61. The summed E-state index contributed by atoms with van der Waals surface area (Å²) >= 11 is 4.26. The number of fused-ring (bicyclic) bond motifs is 2. The Bertz CT molecular complexity index is 661. The van der Waals surface area contributed by atoms with Crippen molar-refractivity contribution >= 4 is 35.0 Å². The fourth-order valence-electron chi connectivity index (χ4n) is 3.55. The molecule has 0 aromatic heterocycles. The first-order chi connectivity index (χ1) is 12.3. The molecule has 0 spiro atoms. The Morgan fingerprint density at radius 1 is 1.42 bits per heavy atom. The van der Waals surface area contributed by atoms with Crippen LogP contribution in [0, 0.1) is 5.92 Å². The fraction of sp³-hybridized carbons (Fsp3) is 0.846.